The highest BCUT2D eigenvalue weighted by molar-refractivity contribution is 5.92. The number of hydrogen-bond acceptors (Lipinski definition) is 3. The summed E-state index contributed by atoms with van der Waals surface area (Å²) in [5.41, 5.74) is 3.90. The fourth-order valence-electron chi connectivity index (χ4n) is 8.44. The third-order valence-electron chi connectivity index (χ3n) is 9.87. The van der Waals surface area contributed by atoms with Crippen LogP contribution in [0.5, 0.6) is 5.75 Å². The van der Waals surface area contributed by atoms with Crippen LogP contribution < -0.4 is 4.74 Å². The maximum Gasteiger partial charge on any atom is 0.155 e. The first-order chi connectivity index (χ1) is 15.5. The molecule has 3 nitrogen and oxygen atoms in total. The molecule has 1 heterocycles. The summed E-state index contributed by atoms with van der Waals surface area (Å²) >= 11 is 0. The zero-order valence-corrected chi connectivity index (χ0v) is 19.3. The third kappa shape index (κ3) is 2.67. The van der Waals surface area contributed by atoms with Crippen molar-refractivity contribution >= 4 is 5.78 Å². The van der Waals surface area contributed by atoms with Gasteiger partial charge >= 0.3 is 0 Å². The van der Waals surface area contributed by atoms with Crippen LogP contribution in [0.4, 0.5) is 0 Å². The minimum Gasteiger partial charge on any atom is -0.497 e. The van der Waals surface area contributed by atoms with Crippen LogP contribution in [-0.2, 0) is 9.53 Å². The molecule has 0 N–H and O–H groups in total. The molecule has 4 aliphatic carbocycles. The van der Waals surface area contributed by atoms with E-state index in [1.165, 1.54) is 23.1 Å². The molecule has 0 unspecified atom stereocenters. The monoisotopic (exact) mass is 430 g/mol. The van der Waals surface area contributed by atoms with Gasteiger partial charge < -0.3 is 9.47 Å². The molecule has 32 heavy (non-hydrogen) atoms. The molecule has 1 spiro atoms. The zero-order valence-electron chi connectivity index (χ0n) is 19.3. The van der Waals surface area contributed by atoms with Gasteiger partial charge in [0.15, 0.2) is 5.78 Å². The fraction of sp³-hybridized carbons (Fsp3) is 0.552. The molecule has 0 amide bonds. The van der Waals surface area contributed by atoms with Crippen LogP contribution in [0.2, 0.25) is 0 Å². The van der Waals surface area contributed by atoms with Gasteiger partial charge in [-0.1, -0.05) is 37.8 Å². The lowest BCUT2D eigenvalue weighted by atomic mass is 9.47. The Balaban J connectivity index is 1.48. The Morgan fingerprint density at radius 3 is 2.66 bits per heavy atom. The summed E-state index contributed by atoms with van der Waals surface area (Å²) in [6.45, 7) is 7.83. The molecule has 1 aromatic rings. The fourth-order valence-corrected chi connectivity index (χ4v) is 8.44. The molecule has 5 aliphatic rings. The van der Waals surface area contributed by atoms with Gasteiger partial charge in [0.1, 0.15) is 5.75 Å². The molecule has 3 fully saturated rings. The predicted molar refractivity (Wildman–Crippen MR) is 126 cm³/mol. The first kappa shape index (κ1) is 20.5. The van der Waals surface area contributed by atoms with E-state index in [1.807, 2.05) is 6.08 Å². The van der Waals surface area contributed by atoms with Crippen molar-refractivity contribution in [2.24, 2.45) is 29.1 Å². The lowest BCUT2D eigenvalue weighted by Crippen LogP contribution is -2.54. The minimum absolute atomic E-state index is 0.0857. The molecule has 0 bridgehead atoms. The number of rotatable bonds is 2. The number of allylic oxidation sites excluding steroid dienone is 4. The second-order valence-electron chi connectivity index (χ2n) is 10.9. The highest BCUT2D eigenvalue weighted by Gasteiger charge is 2.66. The van der Waals surface area contributed by atoms with E-state index in [0.717, 1.165) is 38.0 Å². The Bertz CT molecular complexity index is 1020. The van der Waals surface area contributed by atoms with Gasteiger partial charge in [-0.2, -0.15) is 0 Å². The van der Waals surface area contributed by atoms with Gasteiger partial charge in [0, 0.05) is 11.8 Å². The van der Waals surface area contributed by atoms with Crippen molar-refractivity contribution in [2.75, 3.05) is 13.7 Å². The summed E-state index contributed by atoms with van der Waals surface area (Å²) in [5.74, 6) is 3.77. The number of fused-ring (bicyclic) bond motifs is 6. The topological polar surface area (TPSA) is 35.5 Å². The lowest BCUT2D eigenvalue weighted by Gasteiger charge is -2.57. The van der Waals surface area contributed by atoms with Crippen molar-refractivity contribution in [1.82, 2.24) is 0 Å². The number of carbonyl (C=O) groups excluding carboxylic acids is 1. The molecular formula is C29H34O3. The quantitative estimate of drug-likeness (QED) is 0.538. The van der Waals surface area contributed by atoms with Crippen molar-refractivity contribution in [3.8, 4) is 5.75 Å². The number of hydrogen-bond donors (Lipinski definition) is 0. The van der Waals surface area contributed by atoms with E-state index in [9.17, 15) is 4.79 Å². The molecule has 3 heteroatoms. The van der Waals surface area contributed by atoms with Crippen LogP contribution in [0.3, 0.4) is 0 Å². The van der Waals surface area contributed by atoms with Gasteiger partial charge in [0.05, 0.1) is 19.3 Å². The minimum atomic E-state index is -0.167. The maximum absolute atomic E-state index is 12.2. The van der Waals surface area contributed by atoms with Crippen molar-refractivity contribution in [2.45, 2.75) is 57.0 Å². The van der Waals surface area contributed by atoms with Crippen molar-refractivity contribution in [3.63, 3.8) is 0 Å². The molecule has 1 aromatic carbocycles. The first-order valence-corrected chi connectivity index (χ1v) is 12.4. The SMILES string of the molecule is C=C1CCO[C@@]12CC[C@H]1[C@@H]3C=CC4=CC(=O)CC[C@@H]4[C@H]3[C@@H](c3ccc(OC)cc3)C[C@@]12C. The Morgan fingerprint density at radius 1 is 1.12 bits per heavy atom. The number of ether oxygens (including phenoxy) is 2. The van der Waals surface area contributed by atoms with Crippen LogP contribution in [-0.4, -0.2) is 25.1 Å². The van der Waals surface area contributed by atoms with E-state index in [1.54, 1.807) is 7.11 Å². The second-order valence-corrected chi connectivity index (χ2v) is 10.9. The standard InChI is InChI=1S/C29H34O3/c1-18-13-15-32-29(18)14-12-26-24-10-6-20-16-21(30)7-11-23(20)27(24)25(17-28(26,29)2)19-4-8-22(31-3)9-5-19/h4-6,8-10,16,23-27H,1,7,11-15,17H2,2-3H3/t23-,24-,25+,26-,27+,28-,29-/m0/s1. The first-order valence-electron chi connectivity index (χ1n) is 12.4. The van der Waals surface area contributed by atoms with E-state index < -0.39 is 0 Å². The normalized spacial score (nSPS) is 42.4. The molecule has 2 saturated carbocycles. The smallest absolute Gasteiger partial charge is 0.155 e. The number of benzene rings is 1. The molecule has 168 valence electrons. The summed E-state index contributed by atoms with van der Waals surface area (Å²) in [6, 6.07) is 8.75. The Hall–Kier alpha value is -2.13. The Labute approximate surface area is 191 Å². The highest BCUT2D eigenvalue weighted by atomic mass is 16.5. The van der Waals surface area contributed by atoms with Crippen molar-refractivity contribution in [3.05, 3.63) is 65.8 Å². The van der Waals surface area contributed by atoms with Crippen LogP contribution in [0.25, 0.3) is 0 Å². The molecule has 0 radical (unpaired) electrons. The molecule has 1 aliphatic heterocycles. The molecule has 6 rings (SSSR count). The maximum atomic E-state index is 12.2. The van der Waals surface area contributed by atoms with Gasteiger partial charge in [-0.3, -0.25) is 4.79 Å². The predicted octanol–water partition coefficient (Wildman–Crippen LogP) is 6.02. The van der Waals surface area contributed by atoms with Crippen LogP contribution in [0.1, 0.15) is 56.9 Å². The average molecular weight is 431 g/mol. The summed E-state index contributed by atoms with van der Waals surface area (Å²) in [6.07, 6.45) is 12.8. The van der Waals surface area contributed by atoms with E-state index in [4.69, 9.17) is 9.47 Å². The Morgan fingerprint density at radius 2 is 1.94 bits per heavy atom. The second kappa shape index (κ2) is 7.18. The summed E-state index contributed by atoms with van der Waals surface area (Å²) in [5, 5.41) is 0. The van der Waals surface area contributed by atoms with E-state index in [-0.39, 0.29) is 16.8 Å². The summed E-state index contributed by atoms with van der Waals surface area (Å²) < 4.78 is 12.1. The van der Waals surface area contributed by atoms with Crippen molar-refractivity contribution < 1.29 is 14.3 Å². The Kier molecular flexibility index (Phi) is 4.60. The van der Waals surface area contributed by atoms with Crippen LogP contribution >= 0.6 is 0 Å². The molecular weight excluding hydrogens is 396 g/mol. The van der Waals surface area contributed by atoms with Gasteiger partial charge in [0.2, 0.25) is 0 Å². The molecule has 1 saturated heterocycles. The number of methoxy groups -OCH3 is 1. The third-order valence-corrected chi connectivity index (χ3v) is 9.87. The van der Waals surface area contributed by atoms with Crippen molar-refractivity contribution in [1.29, 1.82) is 0 Å². The zero-order chi connectivity index (χ0) is 22.1. The molecule has 7 atom stereocenters. The van der Waals surface area contributed by atoms with Gasteiger partial charge in [-0.05, 0) is 96.6 Å². The van der Waals surface area contributed by atoms with Gasteiger partial charge in [0.25, 0.3) is 0 Å². The number of ketones is 1. The number of carbonyl (C=O) groups is 1. The molecule has 0 aromatic heterocycles. The van der Waals surface area contributed by atoms with Gasteiger partial charge in [-0.15, -0.1) is 0 Å². The lowest BCUT2D eigenvalue weighted by molar-refractivity contribution is -0.117. The van der Waals surface area contributed by atoms with E-state index in [2.05, 4.69) is 49.9 Å². The van der Waals surface area contributed by atoms with E-state index in [0.29, 0.717) is 36.0 Å². The summed E-state index contributed by atoms with van der Waals surface area (Å²) in [7, 11) is 1.73. The van der Waals surface area contributed by atoms with Crippen LogP contribution in [0.15, 0.2) is 60.2 Å². The largest absolute Gasteiger partial charge is 0.497 e. The van der Waals surface area contributed by atoms with Crippen LogP contribution in [0, 0.1) is 29.1 Å². The average Bonchev–Trinajstić information content (AvgIpc) is 3.33. The van der Waals surface area contributed by atoms with Gasteiger partial charge in [-0.25, -0.2) is 0 Å². The highest BCUT2D eigenvalue weighted by Crippen LogP contribution is 2.70. The summed E-state index contributed by atoms with van der Waals surface area (Å²) in [4.78, 5) is 12.2. The van der Waals surface area contributed by atoms with E-state index >= 15 is 0 Å².